The monoisotopic (exact) mass is 524 g/mol. The summed E-state index contributed by atoms with van der Waals surface area (Å²) in [5, 5.41) is 16.3. The molecule has 0 aliphatic heterocycles. The number of aliphatic carboxylic acids is 1. The van der Waals surface area contributed by atoms with Crippen LogP contribution in [0.2, 0.25) is 0 Å². The van der Waals surface area contributed by atoms with Crippen LogP contribution in [0.15, 0.2) is 30.3 Å². The Bertz CT molecular complexity index is 946. The lowest BCUT2D eigenvalue weighted by atomic mass is 10.0. The predicted octanol–water partition coefficient (Wildman–Crippen LogP) is -2.44. The smallest absolute Gasteiger partial charge is 0.326 e. The molecule has 0 aromatic heterocycles. The molecular formula is C22H32N6O7S. The van der Waals surface area contributed by atoms with Crippen molar-refractivity contribution in [3.8, 4) is 0 Å². The van der Waals surface area contributed by atoms with E-state index < -0.39 is 59.7 Å². The van der Waals surface area contributed by atoms with E-state index in [1.807, 2.05) is 6.07 Å². The standard InChI is InChI=1S/C22H32N6O7S/c23-13(10-12-4-2-1-3-5-12)19(31)26-14(6-8-17(24)29)20(32)28-16(11-36)21(33)27-15(22(34)35)7-9-18(25)30/h1-5,13-16,36H,6-11,23H2,(H2,24,29)(H2,25,30)(H,26,31)(H,27,33)(H,28,32)(H,34,35). The highest BCUT2D eigenvalue weighted by Crippen LogP contribution is 2.05. The van der Waals surface area contributed by atoms with Crippen LogP contribution in [0.1, 0.15) is 31.2 Å². The first kappa shape index (κ1) is 30.4. The van der Waals surface area contributed by atoms with Gasteiger partial charge in [-0.15, -0.1) is 0 Å². The van der Waals surface area contributed by atoms with Crippen molar-refractivity contribution in [1.29, 1.82) is 0 Å². The number of hydrogen-bond donors (Lipinski definition) is 8. The molecule has 0 heterocycles. The number of carboxylic acids is 1. The summed E-state index contributed by atoms with van der Waals surface area (Å²) in [5.74, 6) is -5.43. The molecular weight excluding hydrogens is 492 g/mol. The Hall–Kier alpha value is -3.65. The van der Waals surface area contributed by atoms with Crippen LogP contribution in [-0.4, -0.2) is 70.5 Å². The Balaban J connectivity index is 2.87. The summed E-state index contributed by atoms with van der Waals surface area (Å²) < 4.78 is 0. The van der Waals surface area contributed by atoms with Crippen LogP contribution < -0.4 is 33.2 Å². The molecule has 0 bridgehead atoms. The fraction of sp³-hybridized carbons (Fsp3) is 0.455. The molecule has 1 aromatic rings. The average molecular weight is 525 g/mol. The van der Waals surface area contributed by atoms with Gasteiger partial charge in [-0.2, -0.15) is 12.6 Å². The molecule has 13 nitrogen and oxygen atoms in total. The molecule has 0 radical (unpaired) electrons. The van der Waals surface area contributed by atoms with Gasteiger partial charge in [-0.1, -0.05) is 30.3 Å². The third-order valence-corrected chi connectivity index (χ3v) is 5.42. The Morgan fingerprint density at radius 3 is 1.75 bits per heavy atom. The van der Waals surface area contributed by atoms with Crippen LogP contribution in [0.25, 0.3) is 0 Å². The third-order valence-electron chi connectivity index (χ3n) is 5.06. The minimum absolute atomic E-state index is 0.164. The van der Waals surface area contributed by atoms with E-state index >= 15 is 0 Å². The van der Waals surface area contributed by atoms with Crippen LogP contribution in [-0.2, 0) is 35.2 Å². The van der Waals surface area contributed by atoms with Crippen molar-refractivity contribution < 1.29 is 33.9 Å². The molecule has 198 valence electrons. The minimum atomic E-state index is -1.43. The second kappa shape index (κ2) is 15.4. The number of nitrogens with two attached hydrogens (primary N) is 3. The fourth-order valence-electron chi connectivity index (χ4n) is 3.08. The maximum absolute atomic E-state index is 12.9. The molecule has 10 N–H and O–H groups in total. The normalized spacial score (nSPS) is 13.9. The summed E-state index contributed by atoms with van der Waals surface area (Å²) in [5.41, 5.74) is 17.0. The van der Waals surface area contributed by atoms with E-state index in [0.717, 1.165) is 5.56 Å². The van der Waals surface area contributed by atoms with E-state index in [1.54, 1.807) is 24.3 Å². The van der Waals surface area contributed by atoms with Crippen molar-refractivity contribution >= 4 is 48.1 Å². The first-order chi connectivity index (χ1) is 16.9. The Morgan fingerprint density at radius 1 is 0.778 bits per heavy atom. The van der Waals surface area contributed by atoms with Crippen LogP contribution >= 0.6 is 12.6 Å². The zero-order chi connectivity index (χ0) is 27.3. The average Bonchev–Trinajstić information content (AvgIpc) is 2.82. The van der Waals surface area contributed by atoms with Crippen LogP contribution in [0.5, 0.6) is 0 Å². The number of carbonyl (C=O) groups excluding carboxylic acids is 5. The summed E-state index contributed by atoms with van der Waals surface area (Å²) >= 11 is 4.02. The lowest BCUT2D eigenvalue weighted by Gasteiger charge is -2.24. The molecule has 36 heavy (non-hydrogen) atoms. The van der Waals surface area contributed by atoms with E-state index in [-0.39, 0.29) is 37.9 Å². The van der Waals surface area contributed by atoms with Gasteiger partial charge in [-0.25, -0.2) is 4.79 Å². The van der Waals surface area contributed by atoms with E-state index in [2.05, 4.69) is 28.6 Å². The lowest BCUT2D eigenvalue weighted by Crippen LogP contribution is -2.58. The largest absolute Gasteiger partial charge is 0.480 e. The van der Waals surface area contributed by atoms with Crippen molar-refractivity contribution in [2.45, 2.75) is 56.3 Å². The zero-order valence-corrected chi connectivity index (χ0v) is 20.4. The highest BCUT2D eigenvalue weighted by Gasteiger charge is 2.30. The number of amides is 5. The van der Waals surface area contributed by atoms with Gasteiger partial charge in [0, 0.05) is 18.6 Å². The van der Waals surface area contributed by atoms with Crippen molar-refractivity contribution in [2.75, 3.05) is 5.75 Å². The minimum Gasteiger partial charge on any atom is -0.480 e. The molecule has 1 aromatic carbocycles. The summed E-state index contributed by atoms with van der Waals surface area (Å²) in [6.07, 6.45) is -0.735. The Morgan fingerprint density at radius 2 is 1.25 bits per heavy atom. The van der Waals surface area contributed by atoms with Crippen molar-refractivity contribution in [2.24, 2.45) is 17.2 Å². The van der Waals surface area contributed by atoms with Crippen LogP contribution in [0.3, 0.4) is 0 Å². The summed E-state index contributed by atoms with van der Waals surface area (Å²) in [7, 11) is 0. The number of thiol groups is 1. The Kier molecular flexibility index (Phi) is 13.0. The molecule has 0 aliphatic rings. The van der Waals surface area contributed by atoms with Gasteiger partial charge in [0.1, 0.15) is 18.1 Å². The van der Waals surface area contributed by atoms with Gasteiger partial charge in [-0.3, -0.25) is 24.0 Å². The summed E-state index contributed by atoms with van der Waals surface area (Å²) in [6.45, 7) is 0. The number of carboxylic acid groups (broad SMARTS) is 1. The number of primary amides is 2. The van der Waals surface area contributed by atoms with Gasteiger partial charge >= 0.3 is 5.97 Å². The van der Waals surface area contributed by atoms with Gasteiger partial charge in [0.15, 0.2) is 0 Å². The first-order valence-corrected chi connectivity index (χ1v) is 11.7. The lowest BCUT2D eigenvalue weighted by molar-refractivity contribution is -0.142. The number of rotatable bonds is 16. The molecule has 5 amide bonds. The van der Waals surface area contributed by atoms with Gasteiger partial charge < -0.3 is 38.3 Å². The van der Waals surface area contributed by atoms with Crippen molar-refractivity contribution in [3.63, 3.8) is 0 Å². The van der Waals surface area contributed by atoms with Crippen molar-refractivity contribution in [1.82, 2.24) is 16.0 Å². The topological polar surface area (TPSA) is 237 Å². The maximum Gasteiger partial charge on any atom is 0.326 e. The van der Waals surface area contributed by atoms with Gasteiger partial charge in [-0.05, 0) is 24.8 Å². The molecule has 0 saturated carbocycles. The SMILES string of the molecule is NC(=O)CCC(NC(=O)C(CS)NC(=O)C(CCC(N)=O)NC(=O)C(N)Cc1ccccc1)C(=O)O. The Labute approximate surface area is 213 Å². The van der Waals surface area contributed by atoms with Gasteiger partial charge in [0.2, 0.25) is 29.5 Å². The molecule has 14 heteroatoms. The molecule has 4 unspecified atom stereocenters. The second-order valence-electron chi connectivity index (χ2n) is 8.01. The number of hydrogen-bond acceptors (Lipinski definition) is 8. The quantitative estimate of drug-likeness (QED) is 0.108. The number of nitrogens with one attached hydrogen (secondary N) is 3. The van der Waals surface area contributed by atoms with E-state index in [9.17, 15) is 33.9 Å². The molecule has 0 fully saturated rings. The molecule has 1 rings (SSSR count). The van der Waals surface area contributed by atoms with Crippen molar-refractivity contribution in [3.05, 3.63) is 35.9 Å². The molecule has 0 saturated heterocycles. The second-order valence-corrected chi connectivity index (χ2v) is 8.38. The molecule has 0 aliphatic carbocycles. The predicted molar refractivity (Wildman–Crippen MR) is 132 cm³/mol. The highest BCUT2D eigenvalue weighted by molar-refractivity contribution is 7.80. The van der Waals surface area contributed by atoms with Crippen LogP contribution in [0, 0.1) is 0 Å². The van der Waals surface area contributed by atoms with Crippen LogP contribution in [0.4, 0.5) is 0 Å². The highest BCUT2D eigenvalue weighted by atomic mass is 32.1. The maximum atomic E-state index is 12.9. The number of carbonyl (C=O) groups is 6. The molecule has 0 spiro atoms. The van der Waals surface area contributed by atoms with Gasteiger partial charge in [0.25, 0.3) is 0 Å². The van der Waals surface area contributed by atoms with E-state index in [1.165, 1.54) is 0 Å². The summed E-state index contributed by atoms with van der Waals surface area (Å²) in [4.78, 5) is 71.6. The van der Waals surface area contributed by atoms with Gasteiger partial charge in [0.05, 0.1) is 6.04 Å². The van der Waals surface area contributed by atoms with E-state index in [4.69, 9.17) is 17.2 Å². The third kappa shape index (κ3) is 11.2. The summed E-state index contributed by atoms with van der Waals surface area (Å²) in [6, 6.07) is 3.98. The fourth-order valence-corrected chi connectivity index (χ4v) is 3.33. The van der Waals surface area contributed by atoms with E-state index in [0.29, 0.717) is 0 Å². The number of benzene rings is 1. The zero-order valence-electron chi connectivity index (χ0n) is 19.5. The first-order valence-electron chi connectivity index (χ1n) is 11.1. The molecule has 4 atom stereocenters.